The Balaban J connectivity index is 2.16. The Morgan fingerprint density at radius 1 is 1.44 bits per heavy atom. The molecule has 0 spiro atoms. The first-order valence-electron chi connectivity index (χ1n) is 6.13. The Morgan fingerprint density at radius 2 is 2.28 bits per heavy atom. The van der Waals surface area contributed by atoms with Crippen LogP contribution in [0.25, 0.3) is 11.0 Å². The predicted molar refractivity (Wildman–Crippen MR) is 85.0 cm³/mol. The average molecular weight is 343 g/mol. The van der Waals surface area contributed by atoms with Gasteiger partial charge in [-0.3, -0.25) is 0 Å². The largest absolute Gasteiger partial charge is 0.331 e. The SMILES string of the molecule is CSC1CCCC1n1c(=S)[nH]c2cc(Br)ccc21. The lowest BCUT2D eigenvalue weighted by Gasteiger charge is -2.20. The van der Waals surface area contributed by atoms with Gasteiger partial charge in [0.2, 0.25) is 0 Å². The molecule has 0 bridgehead atoms. The molecule has 1 saturated carbocycles. The van der Waals surface area contributed by atoms with Crippen molar-refractivity contribution >= 4 is 50.9 Å². The zero-order chi connectivity index (χ0) is 12.7. The molecule has 1 heterocycles. The lowest BCUT2D eigenvalue weighted by Crippen LogP contribution is -2.15. The van der Waals surface area contributed by atoms with E-state index in [-0.39, 0.29) is 0 Å². The summed E-state index contributed by atoms with van der Waals surface area (Å²) in [6.45, 7) is 0. The van der Waals surface area contributed by atoms with Crippen LogP contribution in [-0.4, -0.2) is 21.1 Å². The molecule has 3 rings (SSSR count). The van der Waals surface area contributed by atoms with Gasteiger partial charge in [-0.2, -0.15) is 11.8 Å². The second kappa shape index (κ2) is 5.02. The highest BCUT2D eigenvalue weighted by Crippen LogP contribution is 2.39. The highest BCUT2D eigenvalue weighted by atomic mass is 79.9. The second-order valence-electron chi connectivity index (χ2n) is 4.73. The van der Waals surface area contributed by atoms with Crippen LogP contribution in [0.15, 0.2) is 22.7 Å². The number of nitrogens with one attached hydrogen (secondary N) is 1. The fourth-order valence-electron chi connectivity index (χ4n) is 2.91. The van der Waals surface area contributed by atoms with Crippen LogP contribution in [0.3, 0.4) is 0 Å². The summed E-state index contributed by atoms with van der Waals surface area (Å²) in [5.74, 6) is 0. The van der Waals surface area contributed by atoms with E-state index in [1.807, 2.05) is 11.8 Å². The van der Waals surface area contributed by atoms with E-state index < -0.39 is 0 Å². The zero-order valence-electron chi connectivity index (χ0n) is 10.1. The standard InChI is InChI=1S/C13H15BrN2S2/c1-18-12-4-2-3-11(12)16-10-6-5-8(14)7-9(10)15-13(16)17/h5-7,11-12H,2-4H2,1H3,(H,15,17). The summed E-state index contributed by atoms with van der Waals surface area (Å²) in [6, 6.07) is 6.89. The van der Waals surface area contributed by atoms with Gasteiger partial charge in [-0.15, -0.1) is 0 Å². The summed E-state index contributed by atoms with van der Waals surface area (Å²) in [4.78, 5) is 3.33. The fourth-order valence-corrected chi connectivity index (χ4v) is 4.59. The summed E-state index contributed by atoms with van der Waals surface area (Å²) in [5.41, 5.74) is 2.36. The van der Waals surface area contributed by atoms with E-state index in [0.717, 1.165) is 14.8 Å². The van der Waals surface area contributed by atoms with E-state index in [4.69, 9.17) is 12.2 Å². The normalized spacial score (nSPS) is 23.9. The smallest absolute Gasteiger partial charge is 0.178 e. The number of nitrogens with zero attached hydrogens (tertiary/aromatic N) is 1. The maximum absolute atomic E-state index is 5.52. The van der Waals surface area contributed by atoms with Crippen molar-refractivity contribution in [2.24, 2.45) is 0 Å². The van der Waals surface area contributed by atoms with Crippen LogP contribution in [-0.2, 0) is 0 Å². The summed E-state index contributed by atoms with van der Waals surface area (Å²) in [6.07, 6.45) is 6.05. The topological polar surface area (TPSA) is 20.7 Å². The summed E-state index contributed by atoms with van der Waals surface area (Å²) in [7, 11) is 0. The Kier molecular flexibility index (Phi) is 3.56. The molecule has 0 aliphatic heterocycles. The summed E-state index contributed by atoms with van der Waals surface area (Å²) >= 11 is 11.0. The van der Waals surface area contributed by atoms with Crippen LogP contribution in [0.2, 0.25) is 0 Å². The minimum Gasteiger partial charge on any atom is -0.331 e. The van der Waals surface area contributed by atoms with E-state index in [9.17, 15) is 0 Å². The molecule has 2 atom stereocenters. The van der Waals surface area contributed by atoms with Gasteiger partial charge in [0.15, 0.2) is 4.77 Å². The molecule has 18 heavy (non-hydrogen) atoms. The first kappa shape index (κ1) is 12.8. The van der Waals surface area contributed by atoms with Crippen molar-refractivity contribution in [2.45, 2.75) is 30.6 Å². The van der Waals surface area contributed by atoms with Crippen molar-refractivity contribution in [2.75, 3.05) is 6.26 Å². The van der Waals surface area contributed by atoms with Gasteiger partial charge in [-0.05, 0) is 49.5 Å². The van der Waals surface area contributed by atoms with Crippen molar-refractivity contribution in [3.05, 3.63) is 27.4 Å². The van der Waals surface area contributed by atoms with E-state index in [2.05, 4.69) is 49.9 Å². The van der Waals surface area contributed by atoms with E-state index >= 15 is 0 Å². The number of halogens is 1. The van der Waals surface area contributed by atoms with Crippen LogP contribution in [0, 0.1) is 4.77 Å². The van der Waals surface area contributed by atoms with Crippen LogP contribution >= 0.6 is 39.9 Å². The first-order chi connectivity index (χ1) is 8.70. The molecular weight excluding hydrogens is 328 g/mol. The van der Waals surface area contributed by atoms with Crippen LogP contribution in [0.5, 0.6) is 0 Å². The third kappa shape index (κ3) is 2.06. The first-order valence-corrected chi connectivity index (χ1v) is 8.62. The zero-order valence-corrected chi connectivity index (χ0v) is 13.4. The Bertz CT molecular complexity index is 631. The van der Waals surface area contributed by atoms with E-state index in [0.29, 0.717) is 11.3 Å². The fraction of sp³-hybridized carbons (Fsp3) is 0.462. The molecule has 2 unspecified atom stereocenters. The summed E-state index contributed by atoms with van der Waals surface area (Å²) in [5, 5.41) is 0.694. The van der Waals surface area contributed by atoms with Crippen LogP contribution < -0.4 is 0 Å². The molecule has 1 aromatic carbocycles. The van der Waals surface area contributed by atoms with Gasteiger partial charge < -0.3 is 9.55 Å². The van der Waals surface area contributed by atoms with Crippen molar-refractivity contribution in [3.8, 4) is 0 Å². The summed E-state index contributed by atoms with van der Waals surface area (Å²) < 4.78 is 4.27. The molecule has 0 saturated heterocycles. The van der Waals surface area contributed by atoms with Gasteiger partial charge in [0.05, 0.1) is 11.0 Å². The van der Waals surface area contributed by atoms with Crippen molar-refractivity contribution in [1.82, 2.24) is 9.55 Å². The third-order valence-corrected chi connectivity index (χ3v) is 5.68. The number of thioether (sulfide) groups is 1. The number of rotatable bonds is 2. The third-order valence-electron chi connectivity index (χ3n) is 3.73. The molecule has 5 heteroatoms. The van der Waals surface area contributed by atoms with Gasteiger partial charge in [0.1, 0.15) is 0 Å². The maximum atomic E-state index is 5.52. The van der Waals surface area contributed by atoms with Gasteiger partial charge >= 0.3 is 0 Å². The number of imidazole rings is 1. The molecule has 1 aromatic heterocycles. The average Bonchev–Trinajstić information content (AvgIpc) is 2.90. The van der Waals surface area contributed by atoms with E-state index in [1.54, 1.807) is 0 Å². The van der Waals surface area contributed by atoms with Crippen LogP contribution in [0.4, 0.5) is 0 Å². The van der Waals surface area contributed by atoms with Crippen molar-refractivity contribution in [1.29, 1.82) is 0 Å². The van der Waals surface area contributed by atoms with Gasteiger partial charge in [-0.25, -0.2) is 0 Å². The molecule has 2 nitrogen and oxygen atoms in total. The Morgan fingerprint density at radius 3 is 3.06 bits per heavy atom. The molecule has 1 N–H and O–H groups in total. The molecule has 0 radical (unpaired) electrons. The number of benzene rings is 1. The minimum absolute atomic E-state index is 0.544. The van der Waals surface area contributed by atoms with Crippen LogP contribution in [0.1, 0.15) is 25.3 Å². The Hall–Kier alpha value is -0.260. The molecule has 1 aliphatic carbocycles. The number of fused-ring (bicyclic) bond motifs is 1. The van der Waals surface area contributed by atoms with Gasteiger partial charge in [0.25, 0.3) is 0 Å². The number of aromatic amines is 1. The highest BCUT2D eigenvalue weighted by molar-refractivity contribution is 9.10. The number of aromatic nitrogens is 2. The second-order valence-corrected chi connectivity index (χ2v) is 7.11. The maximum Gasteiger partial charge on any atom is 0.178 e. The predicted octanol–water partition coefficient (Wildman–Crippen LogP) is 4.92. The Labute approximate surface area is 124 Å². The molecular formula is C13H15BrN2S2. The molecule has 0 amide bonds. The molecule has 1 fully saturated rings. The van der Waals surface area contributed by atoms with Crippen molar-refractivity contribution in [3.63, 3.8) is 0 Å². The van der Waals surface area contributed by atoms with Gasteiger partial charge in [-0.1, -0.05) is 22.4 Å². The quantitative estimate of drug-likeness (QED) is 0.782. The minimum atomic E-state index is 0.544. The number of hydrogen-bond acceptors (Lipinski definition) is 2. The lowest BCUT2D eigenvalue weighted by molar-refractivity contribution is 0.536. The highest BCUT2D eigenvalue weighted by Gasteiger charge is 2.29. The van der Waals surface area contributed by atoms with Crippen molar-refractivity contribution < 1.29 is 0 Å². The monoisotopic (exact) mass is 342 g/mol. The molecule has 96 valence electrons. The number of hydrogen-bond donors (Lipinski definition) is 1. The molecule has 1 aliphatic rings. The lowest BCUT2D eigenvalue weighted by atomic mass is 10.2. The number of H-pyrrole nitrogens is 1. The molecule has 2 aromatic rings. The van der Waals surface area contributed by atoms with Gasteiger partial charge in [0, 0.05) is 15.8 Å². The van der Waals surface area contributed by atoms with E-state index in [1.165, 1.54) is 24.8 Å².